The predicted molar refractivity (Wildman–Crippen MR) is 64.2 cm³/mol. The number of aryl methyl sites for hydroxylation is 1. The lowest BCUT2D eigenvalue weighted by molar-refractivity contribution is 0.969. The van der Waals surface area contributed by atoms with E-state index in [0.29, 0.717) is 5.15 Å². The zero-order chi connectivity index (χ0) is 11.8. The molecular weight excluding hydrogens is 238 g/mol. The molecule has 17 heavy (non-hydrogen) atoms. The van der Waals surface area contributed by atoms with E-state index < -0.39 is 0 Å². The smallest absolute Gasteiger partial charge is 0.157 e. The van der Waals surface area contributed by atoms with Gasteiger partial charge in [0.05, 0.1) is 29.1 Å². The van der Waals surface area contributed by atoms with Crippen LogP contribution in [0, 0.1) is 6.92 Å². The molecule has 0 radical (unpaired) electrons. The molecule has 0 aliphatic heterocycles. The number of aromatic nitrogens is 5. The molecule has 0 aliphatic carbocycles. The summed E-state index contributed by atoms with van der Waals surface area (Å²) in [6.07, 6.45) is 6.75. The van der Waals surface area contributed by atoms with E-state index in [1.807, 2.05) is 11.5 Å². The summed E-state index contributed by atoms with van der Waals surface area (Å²) < 4.78 is 1.83. The fraction of sp³-hybridized carbons (Fsp3) is 0.0909. The quantitative estimate of drug-likeness (QED) is 0.617. The molecule has 0 aromatic carbocycles. The SMILES string of the molecule is Cc1cncc(-n2cnc3cc(Cl)ncc32)n1. The highest BCUT2D eigenvalue weighted by Gasteiger charge is 2.07. The average Bonchev–Trinajstić information content (AvgIpc) is 2.71. The number of imidazole rings is 1. The lowest BCUT2D eigenvalue weighted by Crippen LogP contribution is -1.98. The molecule has 3 aromatic rings. The number of pyridine rings is 1. The summed E-state index contributed by atoms with van der Waals surface area (Å²) in [6.45, 7) is 1.89. The molecule has 0 saturated heterocycles. The molecule has 0 bridgehead atoms. The number of fused-ring (bicyclic) bond motifs is 1. The summed E-state index contributed by atoms with van der Waals surface area (Å²) in [5.41, 5.74) is 2.49. The minimum atomic E-state index is 0.429. The van der Waals surface area contributed by atoms with Crippen LogP contribution in [0.5, 0.6) is 0 Å². The lowest BCUT2D eigenvalue weighted by Gasteiger charge is -2.02. The minimum Gasteiger partial charge on any atom is -0.280 e. The van der Waals surface area contributed by atoms with Crippen molar-refractivity contribution in [2.24, 2.45) is 0 Å². The van der Waals surface area contributed by atoms with Crippen molar-refractivity contribution in [2.45, 2.75) is 6.92 Å². The highest BCUT2D eigenvalue weighted by atomic mass is 35.5. The third-order valence-electron chi connectivity index (χ3n) is 2.39. The summed E-state index contributed by atoms with van der Waals surface area (Å²) in [5, 5.41) is 0.429. The van der Waals surface area contributed by atoms with E-state index in [0.717, 1.165) is 22.5 Å². The van der Waals surface area contributed by atoms with Crippen LogP contribution in [0.4, 0.5) is 0 Å². The average molecular weight is 246 g/mol. The Morgan fingerprint density at radius 1 is 1.18 bits per heavy atom. The maximum Gasteiger partial charge on any atom is 0.157 e. The molecule has 0 aliphatic rings. The van der Waals surface area contributed by atoms with Crippen LogP contribution in [0.2, 0.25) is 5.15 Å². The van der Waals surface area contributed by atoms with Gasteiger partial charge in [-0.25, -0.2) is 15.0 Å². The van der Waals surface area contributed by atoms with Crippen LogP contribution in [-0.2, 0) is 0 Å². The van der Waals surface area contributed by atoms with Gasteiger partial charge in [0.1, 0.15) is 11.5 Å². The van der Waals surface area contributed by atoms with Crippen molar-refractivity contribution in [2.75, 3.05) is 0 Å². The maximum absolute atomic E-state index is 5.81. The molecule has 0 spiro atoms. The van der Waals surface area contributed by atoms with Crippen molar-refractivity contribution < 1.29 is 0 Å². The van der Waals surface area contributed by atoms with Crippen molar-refractivity contribution in [1.82, 2.24) is 24.5 Å². The van der Waals surface area contributed by atoms with E-state index in [4.69, 9.17) is 11.6 Å². The number of rotatable bonds is 1. The van der Waals surface area contributed by atoms with Gasteiger partial charge in [0, 0.05) is 12.3 Å². The Bertz CT molecular complexity index is 691. The second kappa shape index (κ2) is 3.78. The number of hydrogen-bond donors (Lipinski definition) is 0. The topological polar surface area (TPSA) is 56.5 Å². The lowest BCUT2D eigenvalue weighted by atomic mass is 10.4. The Hall–Kier alpha value is -2.01. The molecule has 0 saturated carbocycles. The summed E-state index contributed by atoms with van der Waals surface area (Å²) in [6, 6.07) is 1.72. The van der Waals surface area contributed by atoms with E-state index in [2.05, 4.69) is 19.9 Å². The molecule has 3 heterocycles. The van der Waals surface area contributed by atoms with E-state index >= 15 is 0 Å². The van der Waals surface area contributed by atoms with Crippen LogP contribution in [0.1, 0.15) is 5.69 Å². The van der Waals surface area contributed by atoms with Gasteiger partial charge >= 0.3 is 0 Å². The van der Waals surface area contributed by atoms with E-state index in [1.165, 1.54) is 0 Å². The van der Waals surface area contributed by atoms with Gasteiger partial charge in [-0.05, 0) is 6.92 Å². The van der Waals surface area contributed by atoms with E-state index in [9.17, 15) is 0 Å². The minimum absolute atomic E-state index is 0.429. The van der Waals surface area contributed by atoms with Crippen LogP contribution in [0.3, 0.4) is 0 Å². The normalized spacial score (nSPS) is 10.9. The zero-order valence-electron chi connectivity index (χ0n) is 9.00. The number of halogens is 1. The van der Waals surface area contributed by atoms with E-state index in [-0.39, 0.29) is 0 Å². The predicted octanol–water partition coefficient (Wildman–Crippen LogP) is 2.17. The van der Waals surface area contributed by atoms with E-state index in [1.54, 1.807) is 31.0 Å². The Balaban J connectivity index is 2.24. The van der Waals surface area contributed by atoms with Gasteiger partial charge < -0.3 is 0 Å². The molecule has 0 fully saturated rings. The molecule has 0 amide bonds. The second-order valence-corrected chi connectivity index (χ2v) is 4.02. The van der Waals surface area contributed by atoms with Gasteiger partial charge in [0.15, 0.2) is 5.82 Å². The molecule has 84 valence electrons. The first-order valence-electron chi connectivity index (χ1n) is 5.01. The van der Waals surface area contributed by atoms with Gasteiger partial charge in [-0.15, -0.1) is 0 Å². The molecule has 3 aromatic heterocycles. The van der Waals surface area contributed by atoms with Crippen LogP contribution in [0.25, 0.3) is 16.9 Å². The maximum atomic E-state index is 5.81. The van der Waals surface area contributed by atoms with Crippen molar-refractivity contribution in [3.8, 4) is 5.82 Å². The van der Waals surface area contributed by atoms with Gasteiger partial charge in [-0.3, -0.25) is 9.55 Å². The summed E-state index contributed by atoms with van der Waals surface area (Å²) in [4.78, 5) is 16.8. The standard InChI is InChI=1S/C11H8ClN5/c1-7-3-13-5-11(16-7)17-6-15-8-2-10(12)14-4-9(8)17/h2-6H,1H3. The zero-order valence-corrected chi connectivity index (χ0v) is 9.76. The highest BCUT2D eigenvalue weighted by molar-refractivity contribution is 6.29. The fourth-order valence-electron chi connectivity index (χ4n) is 1.63. The summed E-state index contributed by atoms with van der Waals surface area (Å²) in [5.74, 6) is 0.719. The van der Waals surface area contributed by atoms with Crippen LogP contribution in [-0.4, -0.2) is 24.5 Å². The first-order valence-corrected chi connectivity index (χ1v) is 5.39. The van der Waals surface area contributed by atoms with Crippen molar-refractivity contribution in [3.63, 3.8) is 0 Å². The van der Waals surface area contributed by atoms with Crippen LogP contribution in [0.15, 0.2) is 31.0 Å². The molecular formula is C11H8ClN5. The molecule has 0 unspecified atom stereocenters. The molecule has 0 atom stereocenters. The first kappa shape index (κ1) is 10.2. The fourth-order valence-corrected chi connectivity index (χ4v) is 1.79. The third-order valence-corrected chi connectivity index (χ3v) is 2.60. The van der Waals surface area contributed by atoms with Crippen molar-refractivity contribution >= 4 is 22.6 Å². The van der Waals surface area contributed by atoms with Gasteiger partial charge in [0.2, 0.25) is 0 Å². The van der Waals surface area contributed by atoms with Crippen LogP contribution < -0.4 is 0 Å². The first-order chi connectivity index (χ1) is 8.24. The molecule has 0 N–H and O–H groups in total. The van der Waals surface area contributed by atoms with Gasteiger partial charge in [-0.1, -0.05) is 11.6 Å². The Morgan fingerprint density at radius 2 is 2.06 bits per heavy atom. The van der Waals surface area contributed by atoms with Gasteiger partial charge in [-0.2, -0.15) is 0 Å². The third kappa shape index (κ3) is 1.74. The highest BCUT2D eigenvalue weighted by Crippen LogP contribution is 2.18. The number of hydrogen-bond acceptors (Lipinski definition) is 4. The second-order valence-electron chi connectivity index (χ2n) is 3.63. The monoisotopic (exact) mass is 245 g/mol. The molecule has 6 heteroatoms. The Kier molecular flexibility index (Phi) is 2.26. The van der Waals surface area contributed by atoms with Crippen molar-refractivity contribution in [1.29, 1.82) is 0 Å². The summed E-state index contributed by atoms with van der Waals surface area (Å²) in [7, 11) is 0. The Labute approximate surface area is 102 Å². The Morgan fingerprint density at radius 3 is 2.88 bits per heavy atom. The molecule has 5 nitrogen and oxygen atoms in total. The van der Waals surface area contributed by atoms with Crippen LogP contribution >= 0.6 is 11.6 Å². The van der Waals surface area contributed by atoms with Crippen molar-refractivity contribution in [3.05, 3.63) is 41.8 Å². The summed E-state index contributed by atoms with van der Waals surface area (Å²) >= 11 is 5.81. The largest absolute Gasteiger partial charge is 0.280 e. The molecule has 3 rings (SSSR count). The number of nitrogens with zero attached hydrogens (tertiary/aromatic N) is 5. The van der Waals surface area contributed by atoms with Gasteiger partial charge in [0.25, 0.3) is 0 Å².